The Kier molecular flexibility index (Phi) is 15.2. The van der Waals surface area contributed by atoms with Gasteiger partial charge < -0.3 is 9.74 Å². The standard InChI is InChI=1S/C4H11N.C3H10OSi/c1-3-5-4-2;1-3(2)4-5/h5H,3-4H2,1-2H3;3H,1-2,5H3. The minimum Gasteiger partial charge on any atom is -0.426 e. The Morgan fingerprint density at radius 3 is 1.60 bits per heavy atom. The highest BCUT2D eigenvalue weighted by atomic mass is 28.2. The summed E-state index contributed by atoms with van der Waals surface area (Å²) in [6.45, 7) is 10.5. The average molecular weight is 163 g/mol. The van der Waals surface area contributed by atoms with Gasteiger partial charge in [0.1, 0.15) is 10.5 Å². The third-order valence-electron chi connectivity index (χ3n) is 0.971. The summed E-state index contributed by atoms with van der Waals surface area (Å²) in [4.78, 5) is 0. The number of hydrogen-bond acceptors (Lipinski definition) is 2. The molecule has 0 spiro atoms. The summed E-state index contributed by atoms with van der Waals surface area (Å²) in [6, 6.07) is 0. The lowest BCUT2D eigenvalue weighted by Gasteiger charge is -1.95. The zero-order chi connectivity index (χ0) is 8.41. The lowest BCUT2D eigenvalue weighted by molar-refractivity contribution is 0.267. The SMILES string of the molecule is CC(C)O[SiH3].CCNCC. The topological polar surface area (TPSA) is 21.3 Å². The number of hydrogen-bond donors (Lipinski definition) is 1. The van der Waals surface area contributed by atoms with Gasteiger partial charge in [-0.15, -0.1) is 0 Å². The van der Waals surface area contributed by atoms with E-state index in [1.807, 2.05) is 13.8 Å². The van der Waals surface area contributed by atoms with Crippen LogP contribution < -0.4 is 5.32 Å². The second-order valence-electron chi connectivity index (χ2n) is 2.24. The van der Waals surface area contributed by atoms with Gasteiger partial charge in [0.2, 0.25) is 0 Å². The molecule has 2 nitrogen and oxygen atoms in total. The minimum atomic E-state index is 0.446. The summed E-state index contributed by atoms with van der Waals surface area (Å²) >= 11 is 0. The summed E-state index contributed by atoms with van der Waals surface area (Å²) in [5.41, 5.74) is 0. The normalized spacial score (nSPS) is 9.30. The second-order valence-corrected chi connectivity index (χ2v) is 2.71. The summed E-state index contributed by atoms with van der Waals surface area (Å²) in [5, 5.41) is 3.11. The van der Waals surface area contributed by atoms with E-state index in [0.29, 0.717) is 6.10 Å². The van der Waals surface area contributed by atoms with Crippen LogP contribution in [-0.4, -0.2) is 29.7 Å². The number of rotatable bonds is 3. The van der Waals surface area contributed by atoms with E-state index in [2.05, 4.69) is 19.2 Å². The third kappa shape index (κ3) is 24.2. The van der Waals surface area contributed by atoms with Crippen LogP contribution in [0.4, 0.5) is 0 Å². The number of nitrogens with one attached hydrogen (secondary N) is 1. The molecule has 0 aromatic rings. The smallest absolute Gasteiger partial charge is 0.146 e. The van der Waals surface area contributed by atoms with Gasteiger partial charge in [0.25, 0.3) is 0 Å². The molecule has 0 aliphatic carbocycles. The van der Waals surface area contributed by atoms with Gasteiger partial charge in [-0.1, -0.05) is 13.8 Å². The van der Waals surface area contributed by atoms with E-state index in [-0.39, 0.29) is 0 Å². The van der Waals surface area contributed by atoms with Crippen molar-refractivity contribution in [3.63, 3.8) is 0 Å². The Bertz CT molecular complexity index is 48.9. The fraction of sp³-hybridized carbons (Fsp3) is 1.00. The zero-order valence-electron chi connectivity index (χ0n) is 7.90. The molecule has 0 aliphatic heterocycles. The van der Waals surface area contributed by atoms with Gasteiger partial charge in [-0.25, -0.2) is 0 Å². The Labute approximate surface area is 67.9 Å². The van der Waals surface area contributed by atoms with Crippen LogP contribution in [0.5, 0.6) is 0 Å². The van der Waals surface area contributed by atoms with Crippen LogP contribution in [0.15, 0.2) is 0 Å². The van der Waals surface area contributed by atoms with E-state index in [9.17, 15) is 0 Å². The molecule has 0 heterocycles. The van der Waals surface area contributed by atoms with Gasteiger partial charge in [-0.05, 0) is 26.9 Å². The van der Waals surface area contributed by atoms with E-state index in [0.717, 1.165) is 23.6 Å². The monoisotopic (exact) mass is 163 g/mol. The molecule has 0 radical (unpaired) electrons. The van der Waals surface area contributed by atoms with Crippen molar-refractivity contribution in [1.29, 1.82) is 0 Å². The maximum Gasteiger partial charge on any atom is 0.146 e. The van der Waals surface area contributed by atoms with Crippen LogP contribution in [0, 0.1) is 0 Å². The van der Waals surface area contributed by atoms with Crippen molar-refractivity contribution < 1.29 is 4.43 Å². The molecule has 0 saturated carbocycles. The first kappa shape index (κ1) is 12.8. The van der Waals surface area contributed by atoms with E-state index in [1.54, 1.807) is 0 Å². The highest BCUT2D eigenvalue weighted by Gasteiger charge is 1.77. The lowest BCUT2D eigenvalue weighted by atomic mass is 10.5. The van der Waals surface area contributed by atoms with Crippen LogP contribution in [0.2, 0.25) is 0 Å². The molecule has 0 amide bonds. The Hall–Kier alpha value is 0.137. The molecule has 0 atom stereocenters. The van der Waals surface area contributed by atoms with Crippen LogP contribution in [0.25, 0.3) is 0 Å². The van der Waals surface area contributed by atoms with Gasteiger partial charge >= 0.3 is 0 Å². The highest BCUT2D eigenvalue weighted by Crippen LogP contribution is 1.76. The van der Waals surface area contributed by atoms with Crippen LogP contribution in [0.3, 0.4) is 0 Å². The molecule has 64 valence electrons. The van der Waals surface area contributed by atoms with E-state index in [4.69, 9.17) is 4.43 Å². The van der Waals surface area contributed by atoms with Crippen molar-refractivity contribution in [2.24, 2.45) is 0 Å². The highest BCUT2D eigenvalue weighted by molar-refractivity contribution is 5.98. The minimum absolute atomic E-state index is 0.446. The van der Waals surface area contributed by atoms with Gasteiger partial charge in [0.15, 0.2) is 0 Å². The Morgan fingerprint density at radius 2 is 1.60 bits per heavy atom. The van der Waals surface area contributed by atoms with Gasteiger partial charge in [0, 0.05) is 6.10 Å². The molecule has 0 aromatic carbocycles. The summed E-state index contributed by atoms with van der Waals surface area (Å²) in [7, 11) is 0.873. The van der Waals surface area contributed by atoms with Gasteiger partial charge in [-0.2, -0.15) is 0 Å². The molecule has 0 saturated heterocycles. The molecular formula is C7H21NOSi. The molecule has 0 bridgehead atoms. The van der Waals surface area contributed by atoms with Crippen molar-refractivity contribution in [2.75, 3.05) is 13.1 Å². The molecule has 0 aromatic heterocycles. The van der Waals surface area contributed by atoms with E-state index < -0.39 is 0 Å². The molecule has 3 heteroatoms. The van der Waals surface area contributed by atoms with Crippen LogP contribution in [-0.2, 0) is 4.43 Å². The van der Waals surface area contributed by atoms with E-state index >= 15 is 0 Å². The Balaban J connectivity index is 0. The summed E-state index contributed by atoms with van der Waals surface area (Å²) in [5.74, 6) is 0. The first-order valence-electron chi connectivity index (χ1n) is 3.92. The maximum absolute atomic E-state index is 4.89. The predicted octanol–water partition coefficient (Wildman–Crippen LogP) is 0.308. The fourth-order valence-electron chi connectivity index (χ4n) is 0.250. The molecule has 0 unspecified atom stereocenters. The van der Waals surface area contributed by atoms with Crippen molar-refractivity contribution in [1.82, 2.24) is 5.32 Å². The first-order chi connectivity index (χ1) is 4.68. The molecule has 1 N–H and O–H groups in total. The second kappa shape index (κ2) is 11.9. The molecule has 0 rings (SSSR count). The molecule has 10 heavy (non-hydrogen) atoms. The van der Waals surface area contributed by atoms with Crippen molar-refractivity contribution >= 4 is 10.5 Å². The lowest BCUT2D eigenvalue weighted by Crippen LogP contribution is -2.09. The maximum atomic E-state index is 4.89. The fourth-order valence-corrected chi connectivity index (χ4v) is 0.250. The summed E-state index contributed by atoms with van der Waals surface area (Å²) in [6.07, 6.45) is 0.446. The zero-order valence-corrected chi connectivity index (χ0v) is 9.90. The average Bonchev–Trinajstić information content (AvgIpc) is 1.91. The molecule has 0 fully saturated rings. The summed E-state index contributed by atoms with van der Waals surface area (Å²) < 4.78 is 4.89. The van der Waals surface area contributed by atoms with Crippen molar-refractivity contribution in [2.45, 2.75) is 33.8 Å². The quantitative estimate of drug-likeness (QED) is 0.605. The largest absolute Gasteiger partial charge is 0.426 e. The van der Waals surface area contributed by atoms with Gasteiger partial charge in [0.05, 0.1) is 0 Å². The first-order valence-corrected chi connectivity index (χ1v) is 4.74. The van der Waals surface area contributed by atoms with Crippen LogP contribution >= 0.6 is 0 Å². The van der Waals surface area contributed by atoms with E-state index in [1.165, 1.54) is 0 Å². The van der Waals surface area contributed by atoms with Gasteiger partial charge in [-0.3, -0.25) is 0 Å². The molecular weight excluding hydrogens is 142 g/mol. The predicted molar refractivity (Wildman–Crippen MR) is 50.4 cm³/mol. The third-order valence-corrected chi connectivity index (χ3v) is 1.91. The van der Waals surface area contributed by atoms with Crippen molar-refractivity contribution in [3.8, 4) is 0 Å². The molecule has 0 aliphatic rings. The van der Waals surface area contributed by atoms with Crippen LogP contribution in [0.1, 0.15) is 27.7 Å². The Morgan fingerprint density at radius 1 is 1.30 bits per heavy atom. The van der Waals surface area contributed by atoms with Crippen molar-refractivity contribution in [3.05, 3.63) is 0 Å².